The summed E-state index contributed by atoms with van der Waals surface area (Å²) >= 11 is 4.99. The first kappa shape index (κ1) is 19.0. The van der Waals surface area contributed by atoms with Crippen LogP contribution < -0.4 is 15.4 Å². The fraction of sp³-hybridized carbons (Fsp3) is 0.0588. The molecule has 0 heterocycles. The van der Waals surface area contributed by atoms with Gasteiger partial charge in [-0.1, -0.05) is 12.1 Å². The highest BCUT2D eigenvalue weighted by atomic mass is 32.1. The van der Waals surface area contributed by atoms with Crippen molar-refractivity contribution in [2.75, 3.05) is 12.4 Å². The van der Waals surface area contributed by atoms with Gasteiger partial charge in [-0.3, -0.25) is 20.2 Å². The molecule has 26 heavy (non-hydrogen) atoms. The van der Waals surface area contributed by atoms with Gasteiger partial charge in [-0.2, -0.15) is 0 Å². The lowest BCUT2D eigenvalue weighted by Gasteiger charge is -2.09. The van der Waals surface area contributed by atoms with Crippen LogP contribution in [0.4, 0.5) is 15.8 Å². The number of ether oxygens (including phenoxy) is 1. The number of nitrogens with zero attached hydrogens (tertiary/aromatic N) is 1. The molecule has 0 spiro atoms. The van der Waals surface area contributed by atoms with E-state index in [4.69, 9.17) is 17.0 Å². The number of methoxy groups -OCH3 is 1. The summed E-state index contributed by atoms with van der Waals surface area (Å²) in [6.07, 6.45) is 2.69. The van der Waals surface area contributed by atoms with Gasteiger partial charge < -0.3 is 10.1 Å². The minimum Gasteiger partial charge on any atom is -0.496 e. The summed E-state index contributed by atoms with van der Waals surface area (Å²) in [6.45, 7) is 0. The Morgan fingerprint density at radius 2 is 1.96 bits per heavy atom. The van der Waals surface area contributed by atoms with Crippen molar-refractivity contribution in [3.05, 3.63) is 70.0 Å². The van der Waals surface area contributed by atoms with Gasteiger partial charge in [-0.05, 0) is 48.1 Å². The first-order valence-corrected chi connectivity index (χ1v) is 7.68. The summed E-state index contributed by atoms with van der Waals surface area (Å²) in [5.41, 5.74) is 0.498. The fourth-order valence-electron chi connectivity index (χ4n) is 1.95. The molecule has 134 valence electrons. The van der Waals surface area contributed by atoms with E-state index in [0.717, 1.165) is 0 Å². The Kier molecular flexibility index (Phi) is 6.34. The number of nitro groups is 1. The van der Waals surface area contributed by atoms with Crippen molar-refractivity contribution in [1.29, 1.82) is 0 Å². The molecule has 0 aliphatic heterocycles. The van der Waals surface area contributed by atoms with Crippen molar-refractivity contribution >= 4 is 40.7 Å². The van der Waals surface area contributed by atoms with Gasteiger partial charge in [0.1, 0.15) is 17.3 Å². The van der Waals surface area contributed by atoms with E-state index in [9.17, 15) is 19.3 Å². The number of amides is 1. The molecule has 2 aromatic carbocycles. The van der Waals surface area contributed by atoms with Crippen LogP contribution in [0.2, 0.25) is 0 Å². The number of rotatable bonds is 5. The summed E-state index contributed by atoms with van der Waals surface area (Å²) in [6, 6.07) is 9.74. The molecule has 0 unspecified atom stereocenters. The lowest BCUT2D eigenvalue weighted by Crippen LogP contribution is -2.33. The van der Waals surface area contributed by atoms with Gasteiger partial charge in [0.25, 0.3) is 5.69 Å². The maximum absolute atomic E-state index is 12.8. The number of carbonyl (C=O) groups excluding carboxylic acids is 1. The molecule has 9 heteroatoms. The number of halogens is 1. The standard InChI is InChI=1S/C17H14FN3O4S/c1-25-13-7-8-14(15(10-13)21(23)24)19-17(26)20-16(22)9-4-11-2-5-12(18)6-3-11/h2-10H,1H3,(H2,19,20,22,26). The number of carbonyl (C=O) groups is 1. The number of nitrogens with one attached hydrogen (secondary N) is 2. The summed E-state index contributed by atoms with van der Waals surface area (Å²) in [4.78, 5) is 22.4. The molecule has 2 N–H and O–H groups in total. The molecule has 0 saturated carbocycles. The zero-order valence-electron chi connectivity index (χ0n) is 13.6. The third-order valence-electron chi connectivity index (χ3n) is 3.18. The zero-order valence-corrected chi connectivity index (χ0v) is 14.4. The van der Waals surface area contributed by atoms with Gasteiger partial charge in [0.15, 0.2) is 5.11 Å². The predicted octanol–water partition coefficient (Wildman–Crippen LogP) is 3.27. The summed E-state index contributed by atoms with van der Waals surface area (Å²) in [5.74, 6) is -0.597. The second-order valence-corrected chi connectivity index (χ2v) is 5.38. The van der Waals surface area contributed by atoms with Crippen molar-refractivity contribution in [3.8, 4) is 5.75 Å². The van der Waals surface area contributed by atoms with E-state index < -0.39 is 10.8 Å². The van der Waals surface area contributed by atoms with Crippen molar-refractivity contribution in [2.24, 2.45) is 0 Å². The highest BCUT2D eigenvalue weighted by Gasteiger charge is 2.16. The molecule has 1 amide bonds. The quantitative estimate of drug-likeness (QED) is 0.361. The summed E-state index contributed by atoms with van der Waals surface area (Å²) in [5, 5.41) is 16.0. The van der Waals surface area contributed by atoms with Gasteiger partial charge in [-0.25, -0.2) is 4.39 Å². The summed E-state index contributed by atoms with van der Waals surface area (Å²) in [7, 11) is 1.39. The average molecular weight is 375 g/mol. The number of benzene rings is 2. The van der Waals surface area contributed by atoms with Gasteiger partial charge in [0.05, 0.1) is 18.1 Å². The normalized spacial score (nSPS) is 10.4. The van der Waals surface area contributed by atoms with Crippen LogP contribution in [0.15, 0.2) is 48.5 Å². The minimum absolute atomic E-state index is 0.105. The van der Waals surface area contributed by atoms with E-state index in [1.165, 1.54) is 61.7 Å². The molecule has 7 nitrogen and oxygen atoms in total. The Balaban J connectivity index is 2.01. The maximum Gasteiger partial charge on any atom is 0.296 e. The third kappa shape index (κ3) is 5.35. The Morgan fingerprint density at radius 3 is 2.58 bits per heavy atom. The monoisotopic (exact) mass is 375 g/mol. The van der Waals surface area contributed by atoms with Crippen molar-refractivity contribution in [2.45, 2.75) is 0 Å². The van der Waals surface area contributed by atoms with Crippen LogP contribution in [0.1, 0.15) is 5.56 Å². The molecule has 2 rings (SSSR count). The van der Waals surface area contributed by atoms with E-state index >= 15 is 0 Å². The first-order chi connectivity index (χ1) is 12.4. The van der Waals surface area contributed by atoms with Gasteiger partial charge >= 0.3 is 0 Å². The first-order valence-electron chi connectivity index (χ1n) is 7.27. The molecule has 0 aliphatic rings. The second kappa shape index (κ2) is 8.67. The van der Waals surface area contributed by atoms with Crippen LogP contribution in [-0.2, 0) is 4.79 Å². The molecule has 0 saturated heterocycles. The van der Waals surface area contributed by atoms with Crippen molar-refractivity contribution < 1.29 is 18.8 Å². The Morgan fingerprint density at radius 1 is 1.27 bits per heavy atom. The largest absolute Gasteiger partial charge is 0.496 e. The van der Waals surface area contributed by atoms with Crippen LogP contribution >= 0.6 is 12.2 Å². The number of anilines is 1. The smallest absolute Gasteiger partial charge is 0.296 e. The molecule has 2 aromatic rings. The number of hydrogen-bond acceptors (Lipinski definition) is 5. The average Bonchev–Trinajstić information content (AvgIpc) is 2.61. The Bertz CT molecular complexity index is 869. The Hall–Kier alpha value is -3.33. The van der Waals surface area contributed by atoms with Crippen LogP contribution in [-0.4, -0.2) is 23.1 Å². The SMILES string of the molecule is COc1ccc(NC(=S)NC(=O)C=Cc2ccc(F)cc2)c([N+](=O)[O-])c1. The molecular weight excluding hydrogens is 361 g/mol. The number of nitro benzene ring substituents is 1. The topological polar surface area (TPSA) is 93.5 Å². The lowest BCUT2D eigenvalue weighted by atomic mass is 10.2. The van der Waals surface area contributed by atoms with Crippen LogP contribution in [0, 0.1) is 15.9 Å². The molecular formula is C17H14FN3O4S. The second-order valence-electron chi connectivity index (χ2n) is 4.97. The Labute approximate surface area is 153 Å². The van der Waals surface area contributed by atoms with E-state index in [0.29, 0.717) is 11.3 Å². The number of hydrogen-bond donors (Lipinski definition) is 2. The minimum atomic E-state index is -0.594. The van der Waals surface area contributed by atoms with Gasteiger partial charge in [0, 0.05) is 6.08 Å². The molecule has 0 aromatic heterocycles. The van der Waals surface area contributed by atoms with Gasteiger partial charge in [0.2, 0.25) is 5.91 Å². The van der Waals surface area contributed by atoms with E-state index in [-0.39, 0.29) is 22.3 Å². The van der Waals surface area contributed by atoms with Crippen LogP contribution in [0.3, 0.4) is 0 Å². The van der Waals surface area contributed by atoms with E-state index in [1.54, 1.807) is 0 Å². The third-order valence-corrected chi connectivity index (χ3v) is 3.39. The van der Waals surface area contributed by atoms with E-state index in [1.807, 2.05) is 0 Å². The maximum atomic E-state index is 12.8. The highest BCUT2D eigenvalue weighted by Crippen LogP contribution is 2.28. The van der Waals surface area contributed by atoms with Gasteiger partial charge in [-0.15, -0.1) is 0 Å². The zero-order chi connectivity index (χ0) is 19.1. The molecule has 0 atom stereocenters. The molecule has 0 bridgehead atoms. The highest BCUT2D eigenvalue weighted by molar-refractivity contribution is 7.80. The van der Waals surface area contributed by atoms with Crippen LogP contribution in [0.5, 0.6) is 5.75 Å². The van der Waals surface area contributed by atoms with Crippen LogP contribution in [0.25, 0.3) is 6.08 Å². The molecule has 0 aliphatic carbocycles. The lowest BCUT2D eigenvalue weighted by molar-refractivity contribution is -0.384. The molecule has 0 fully saturated rings. The van der Waals surface area contributed by atoms with Crippen molar-refractivity contribution in [1.82, 2.24) is 5.32 Å². The molecule has 0 radical (unpaired) electrons. The summed E-state index contributed by atoms with van der Waals surface area (Å²) < 4.78 is 17.8. The fourth-order valence-corrected chi connectivity index (χ4v) is 2.16. The predicted molar refractivity (Wildman–Crippen MR) is 99.4 cm³/mol. The number of thiocarbonyl (C=S) groups is 1. The van der Waals surface area contributed by atoms with Crippen molar-refractivity contribution in [3.63, 3.8) is 0 Å². The van der Waals surface area contributed by atoms with E-state index in [2.05, 4.69) is 10.6 Å².